The van der Waals surface area contributed by atoms with Crippen molar-refractivity contribution in [2.24, 2.45) is 23.7 Å². The van der Waals surface area contributed by atoms with Crippen LogP contribution < -0.4 is 0 Å². The molecule has 0 radical (unpaired) electrons. The highest BCUT2D eigenvalue weighted by Crippen LogP contribution is 2.39. The Kier molecular flexibility index (Phi) is 4.78. The Morgan fingerprint density at radius 2 is 2.00 bits per heavy atom. The van der Waals surface area contributed by atoms with Crippen LogP contribution in [0.4, 0.5) is 0 Å². The normalized spacial score (nSPS) is 35.3. The molecule has 0 aromatic heterocycles. The van der Waals surface area contributed by atoms with Crippen LogP contribution in [0.2, 0.25) is 0 Å². The van der Waals surface area contributed by atoms with Crippen molar-refractivity contribution < 1.29 is 15.0 Å². The predicted octanol–water partition coefficient (Wildman–Crippen LogP) is 2.53. The third-order valence-corrected chi connectivity index (χ3v) is 3.93. The Morgan fingerprint density at radius 3 is 2.44 bits per heavy atom. The fourth-order valence-electron chi connectivity index (χ4n) is 2.95. The first kappa shape index (κ1) is 13.5. The van der Waals surface area contributed by atoms with Crippen LogP contribution in [-0.4, -0.2) is 22.3 Å². The molecule has 2 N–H and O–H groups in total. The van der Waals surface area contributed by atoms with Gasteiger partial charge in [-0.25, -0.2) is 0 Å². The molecular formula is C13H24O3. The Labute approximate surface area is 97.9 Å². The van der Waals surface area contributed by atoms with Gasteiger partial charge < -0.3 is 10.2 Å². The standard InChI is InChI=1S/C13H24O3/c1-4-5-9-6-10(13(15)16)7-11(8(2)3)12(9)14/h8-12,14H,4-7H2,1-3H3,(H,15,16). The first-order chi connectivity index (χ1) is 7.47. The summed E-state index contributed by atoms with van der Waals surface area (Å²) in [5, 5.41) is 19.4. The molecule has 16 heavy (non-hydrogen) atoms. The minimum atomic E-state index is -0.696. The van der Waals surface area contributed by atoms with E-state index in [9.17, 15) is 9.90 Å². The van der Waals surface area contributed by atoms with Gasteiger partial charge in [-0.1, -0.05) is 27.2 Å². The molecule has 1 saturated carbocycles. The van der Waals surface area contributed by atoms with Crippen LogP contribution in [0.3, 0.4) is 0 Å². The smallest absolute Gasteiger partial charge is 0.306 e. The van der Waals surface area contributed by atoms with E-state index in [0.29, 0.717) is 18.8 Å². The van der Waals surface area contributed by atoms with Gasteiger partial charge >= 0.3 is 5.97 Å². The Hall–Kier alpha value is -0.570. The van der Waals surface area contributed by atoms with Crippen LogP contribution in [0, 0.1) is 23.7 Å². The molecule has 0 saturated heterocycles. The largest absolute Gasteiger partial charge is 0.481 e. The highest BCUT2D eigenvalue weighted by atomic mass is 16.4. The zero-order valence-corrected chi connectivity index (χ0v) is 10.5. The topological polar surface area (TPSA) is 57.5 Å². The zero-order valence-electron chi connectivity index (χ0n) is 10.5. The lowest BCUT2D eigenvalue weighted by Gasteiger charge is -2.40. The molecule has 4 atom stereocenters. The van der Waals surface area contributed by atoms with E-state index in [4.69, 9.17) is 5.11 Å². The molecule has 0 bridgehead atoms. The molecule has 0 aromatic carbocycles. The van der Waals surface area contributed by atoms with Crippen molar-refractivity contribution in [2.75, 3.05) is 0 Å². The van der Waals surface area contributed by atoms with Crippen molar-refractivity contribution >= 4 is 5.97 Å². The van der Waals surface area contributed by atoms with Crippen molar-refractivity contribution in [3.8, 4) is 0 Å². The van der Waals surface area contributed by atoms with E-state index in [1.165, 1.54) is 0 Å². The second kappa shape index (κ2) is 5.67. The average molecular weight is 228 g/mol. The van der Waals surface area contributed by atoms with E-state index in [-0.39, 0.29) is 23.9 Å². The molecule has 3 nitrogen and oxygen atoms in total. The van der Waals surface area contributed by atoms with Crippen molar-refractivity contribution in [3.63, 3.8) is 0 Å². The van der Waals surface area contributed by atoms with E-state index in [1.807, 2.05) is 0 Å². The van der Waals surface area contributed by atoms with Crippen LogP contribution >= 0.6 is 0 Å². The van der Waals surface area contributed by atoms with Crippen molar-refractivity contribution in [3.05, 3.63) is 0 Å². The van der Waals surface area contributed by atoms with E-state index in [1.54, 1.807) is 0 Å². The maximum absolute atomic E-state index is 11.1. The Balaban J connectivity index is 2.75. The van der Waals surface area contributed by atoms with E-state index >= 15 is 0 Å². The maximum Gasteiger partial charge on any atom is 0.306 e. The van der Waals surface area contributed by atoms with Gasteiger partial charge in [0.1, 0.15) is 0 Å². The Morgan fingerprint density at radius 1 is 1.38 bits per heavy atom. The number of carboxylic acids is 1. The number of carboxylic acid groups (broad SMARTS) is 1. The van der Waals surface area contributed by atoms with E-state index < -0.39 is 5.97 Å². The molecular weight excluding hydrogens is 204 g/mol. The number of hydrogen-bond acceptors (Lipinski definition) is 2. The van der Waals surface area contributed by atoms with Crippen molar-refractivity contribution in [1.29, 1.82) is 0 Å². The molecule has 0 spiro atoms. The number of hydrogen-bond donors (Lipinski definition) is 2. The van der Waals surface area contributed by atoms with Gasteiger partial charge in [0.15, 0.2) is 0 Å². The van der Waals surface area contributed by atoms with Gasteiger partial charge in [0, 0.05) is 0 Å². The SMILES string of the molecule is CCCC1CC(C(=O)O)CC(C(C)C)C1O. The Bertz CT molecular complexity index is 237. The number of carbonyl (C=O) groups is 1. The monoisotopic (exact) mass is 228 g/mol. The lowest BCUT2D eigenvalue weighted by molar-refractivity contribution is -0.147. The predicted molar refractivity (Wildman–Crippen MR) is 63.1 cm³/mol. The molecule has 1 aliphatic carbocycles. The van der Waals surface area contributed by atoms with E-state index in [0.717, 1.165) is 12.8 Å². The quantitative estimate of drug-likeness (QED) is 0.777. The number of aliphatic hydroxyl groups is 1. The van der Waals surface area contributed by atoms with Crippen LogP contribution in [0.1, 0.15) is 46.5 Å². The molecule has 0 amide bonds. The summed E-state index contributed by atoms with van der Waals surface area (Å²) in [6.45, 7) is 6.23. The summed E-state index contributed by atoms with van der Waals surface area (Å²) in [6.07, 6.45) is 2.92. The highest BCUT2D eigenvalue weighted by molar-refractivity contribution is 5.70. The second-order valence-corrected chi connectivity index (χ2v) is 5.45. The van der Waals surface area contributed by atoms with Gasteiger partial charge in [-0.15, -0.1) is 0 Å². The number of aliphatic carboxylic acids is 1. The van der Waals surface area contributed by atoms with Crippen LogP contribution in [-0.2, 0) is 4.79 Å². The summed E-state index contributed by atoms with van der Waals surface area (Å²) >= 11 is 0. The minimum absolute atomic E-state index is 0.145. The molecule has 3 heteroatoms. The average Bonchev–Trinajstić information content (AvgIpc) is 2.20. The van der Waals surface area contributed by atoms with Crippen LogP contribution in [0.15, 0.2) is 0 Å². The van der Waals surface area contributed by atoms with Gasteiger partial charge in [-0.05, 0) is 37.0 Å². The van der Waals surface area contributed by atoms with E-state index in [2.05, 4.69) is 20.8 Å². The van der Waals surface area contributed by atoms with Crippen molar-refractivity contribution in [2.45, 2.75) is 52.6 Å². The molecule has 0 aromatic rings. The van der Waals surface area contributed by atoms with Crippen LogP contribution in [0.5, 0.6) is 0 Å². The lowest BCUT2D eigenvalue weighted by Crippen LogP contribution is -2.41. The minimum Gasteiger partial charge on any atom is -0.481 e. The fraction of sp³-hybridized carbons (Fsp3) is 0.923. The van der Waals surface area contributed by atoms with Gasteiger partial charge in [0.2, 0.25) is 0 Å². The third-order valence-electron chi connectivity index (χ3n) is 3.93. The van der Waals surface area contributed by atoms with Gasteiger partial charge in [0.25, 0.3) is 0 Å². The fourth-order valence-corrected chi connectivity index (χ4v) is 2.95. The summed E-state index contributed by atoms with van der Waals surface area (Å²) in [5.41, 5.74) is 0. The van der Waals surface area contributed by atoms with Crippen LogP contribution in [0.25, 0.3) is 0 Å². The summed E-state index contributed by atoms with van der Waals surface area (Å²) in [5.74, 6) is -0.277. The molecule has 0 heterocycles. The number of aliphatic hydroxyl groups excluding tert-OH is 1. The summed E-state index contributed by atoms with van der Waals surface area (Å²) in [7, 11) is 0. The zero-order chi connectivity index (χ0) is 12.3. The molecule has 1 aliphatic rings. The number of rotatable bonds is 4. The second-order valence-electron chi connectivity index (χ2n) is 5.45. The first-order valence-electron chi connectivity index (χ1n) is 6.38. The molecule has 1 rings (SSSR count). The lowest BCUT2D eigenvalue weighted by atomic mass is 9.68. The van der Waals surface area contributed by atoms with Crippen molar-refractivity contribution in [1.82, 2.24) is 0 Å². The first-order valence-corrected chi connectivity index (χ1v) is 6.38. The molecule has 1 fully saturated rings. The maximum atomic E-state index is 11.1. The summed E-state index contributed by atoms with van der Waals surface area (Å²) < 4.78 is 0. The third kappa shape index (κ3) is 2.97. The van der Waals surface area contributed by atoms with Gasteiger partial charge in [0.05, 0.1) is 12.0 Å². The van der Waals surface area contributed by atoms with Gasteiger partial charge in [-0.3, -0.25) is 4.79 Å². The molecule has 4 unspecified atom stereocenters. The van der Waals surface area contributed by atoms with Gasteiger partial charge in [-0.2, -0.15) is 0 Å². The molecule has 94 valence electrons. The highest BCUT2D eigenvalue weighted by Gasteiger charge is 2.39. The summed E-state index contributed by atoms with van der Waals surface area (Å²) in [4.78, 5) is 11.1. The molecule has 0 aliphatic heterocycles. The summed E-state index contributed by atoms with van der Waals surface area (Å²) in [6, 6.07) is 0.